The molecule has 0 heterocycles. The number of aliphatic hydroxyl groups excluding tert-OH is 1. The largest absolute Gasteiger partial charge is 0.481 e. The number of aliphatic carboxylic acids is 1. The Labute approximate surface area is 82.0 Å². The first-order chi connectivity index (χ1) is 6.72. The number of carboxylic acids is 1. The fourth-order valence-electron chi connectivity index (χ4n) is 0.915. The first-order valence-corrected chi connectivity index (χ1v) is 4.13. The first-order valence-electron chi connectivity index (χ1n) is 4.13. The van der Waals surface area contributed by atoms with Crippen LogP contribution in [0.2, 0.25) is 0 Å². The third-order valence-electron chi connectivity index (χ3n) is 1.61. The van der Waals surface area contributed by atoms with Gasteiger partial charge in [0.15, 0.2) is 0 Å². The molecule has 0 aromatic heterocycles. The third-order valence-corrected chi connectivity index (χ3v) is 1.61. The number of benzene rings is 1. The molecular formula is C11H10O3. The summed E-state index contributed by atoms with van der Waals surface area (Å²) in [5.74, 6) is 4.31. The van der Waals surface area contributed by atoms with Gasteiger partial charge < -0.3 is 10.2 Å². The van der Waals surface area contributed by atoms with Crippen LogP contribution in [0.3, 0.4) is 0 Å². The molecule has 0 fully saturated rings. The van der Waals surface area contributed by atoms with Gasteiger partial charge in [0, 0.05) is 5.56 Å². The molecule has 0 saturated carbocycles. The van der Waals surface area contributed by atoms with Crippen LogP contribution in [0.15, 0.2) is 24.3 Å². The molecule has 0 unspecified atom stereocenters. The van der Waals surface area contributed by atoms with Crippen molar-refractivity contribution in [2.75, 3.05) is 0 Å². The van der Waals surface area contributed by atoms with Crippen LogP contribution in [-0.2, 0) is 11.4 Å². The number of carboxylic acid groups (broad SMARTS) is 1. The highest BCUT2D eigenvalue weighted by molar-refractivity contribution is 5.70. The minimum atomic E-state index is -0.926. The molecule has 0 bridgehead atoms. The highest BCUT2D eigenvalue weighted by Gasteiger charge is 1.91. The van der Waals surface area contributed by atoms with Crippen molar-refractivity contribution in [3.8, 4) is 11.8 Å². The second-order valence-corrected chi connectivity index (χ2v) is 2.73. The molecule has 0 amide bonds. The van der Waals surface area contributed by atoms with Crippen LogP contribution in [0.1, 0.15) is 17.5 Å². The van der Waals surface area contributed by atoms with Gasteiger partial charge in [-0.15, -0.1) is 0 Å². The first kappa shape index (κ1) is 10.3. The number of rotatable bonds is 2. The average Bonchev–Trinajstić information content (AvgIpc) is 2.18. The summed E-state index contributed by atoms with van der Waals surface area (Å²) in [5.41, 5.74) is 1.57. The summed E-state index contributed by atoms with van der Waals surface area (Å²) < 4.78 is 0. The minimum absolute atomic E-state index is 0.00281. The maximum Gasteiger partial charge on any atom is 0.315 e. The molecule has 14 heavy (non-hydrogen) atoms. The van der Waals surface area contributed by atoms with Gasteiger partial charge >= 0.3 is 5.97 Å². The van der Waals surface area contributed by atoms with E-state index in [2.05, 4.69) is 11.8 Å². The zero-order valence-corrected chi connectivity index (χ0v) is 7.53. The van der Waals surface area contributed by atoms with Gasteiger partial charge in [-0.05, 0) is 17.7 Å². The summed E-state index contributed by atoms with van der Waals surface area (Å²) in [6.45, 7) is 0.00281. The lowest BCUT2D eigenvalue weighted by Crippen LogP contribution is -1.90. The SMILES string of the molecule is O=C(O)CC#Cc1ccc(CO)cc1. The van der Waals surface area contributed by atoms with Crippen LogP contribution in [0.5, 0.6) is 0 Å². The van der Waals surface area contributed by atoms with Gasteiger partial charge in [-0.1, -0.05) is 24.0 Å². The normalized spacial score (nSPS) is 8.93. The Morgan fingerprint density at radius 1 is 1.29 bits per heavy atom. The average molecular weight is 190 g/mol. The van der Waals surface area contributed by atoms with E-state index in [0.717, 1.165) is 11.1 Å². The quantitative estimate of drug-likeness (QED) is 0.684. The summed E-state index contributed by atoms with van der Waals surface area (Å²) in [5, 5.41) is 17.1. The zero-order valence-electron chi connectivity index (χ0n) is 7.53. The van der Waals surface area contributed by atoms with Crippen molar-refractivity contribution >= 4 is 5.97 Å². The van der Waals surface area contributed by atoms with Gasteiger partial charge in [0.25, 0.3) is 0 Å². The van der Waals surface area contributed by atoms with Gasteiger partial charge in [0.2, 0.25) is 0 Å². The smallest absolute Gasteiger partial charge is 0.315 e. The molecule has 3 nitrogen and oxygen atoms in total. The summed E-state index contributed by atoms with van der Waals surface area (Å²) in [7, 11) is 0. The topological polar surface area (TPSA) is 57.5 Å². The predicted molar refractivity (Wildman–Crippen MR) is 51.5 cm³/mol. The lowest BCUT2D eigenvalue weighted by molar-refractivity contribution is -0.135. The van der Waals surface area contributed by atoms with Crippen molar-refractivity contribution in [2.24, 2.45) is 0 Å². The van der Waals surface area contributed by atoms with Gasteiger partial charge in [0.05, 0.1) is 6.61 Å². The summed E-state index contributed by atoms with van der Waals surface area (Å²) in [4.78, 5) is 10.2. The molecule has 0 saturated heterocycles. The maximum absolute atomic E-state index is 10.2. The van der Waals surface area contributed by atoms with Crippen molar-refractivity contribution in [3.63, 3.8) is 0 Å². The summed E-state index contributed by atoms with van der Waals surface area (Å²) in [6, 6.07) is 7.01. The highest BCUT2D eigenvalue weighted by atomic mass is 16.4. The van der Waals surface area contributed by atoms with E-state index >= 15 is 0 Å². The standard InChI is InChI=1S/C11H10O3/c12-8-10-6-4-9(5-7-10)2-1-3-11(13)14/h4-7,12H,3,8H2,(H,13,14). The van der Waals surface area contributed by atoms with Crippen molar-refractivity contribution in [1.82, 2.24) is 0 Å². The molecule has 3 heteroatoms. The van der Waals surface area contributed by atoms with Gasteiger partial charge in [-0.2, -0.15) is 0 Å². The Morgan fingerprint density at radius 3 is 2.43 bits per heavy atom. The monoisotopic (exact) mass is 190 g/mol. The molecule has 0 atom stereocenters. The molecule has 1 rings (SSSR count). The van der Waals surface area contributed by atoms with Crippen LogP contribution >= 0.6 is 0 Å². The number of aliphatic hydroxyl groups is 1. The summed E-state index contributed by atoms with van der Waals surface area (Å²) in [6.07, 6.45) is -0.151. The molecule has 0 spiro atoms. The number of hydrogen-bond acceptors (Lipinski definition) is 2. The van der Waals surface area contributed by atoms with Crippen LogP contribution in [-0.4, -0.2) is 16.2 Å². The second-order valence-electron chi connectivity index (χ2n) is 2.73. The highest BCUT2D eigenvalue weighted by Crippen LogP contribution is 2.02. The summed E-state index contributed by atoms with van der Waals surface area (Å²) >= 11 is 0. The molecule has 1 aromatic rings. The Bertz CT molecular complexity index is 368. The van der Waals surface area contributed by atoms with Crippen LogP contribution in [0.25, 0.3) is 0 Å². The van der Waals surface area contributed by atoms with Crippen LogP contribution in [0, 0.1) is 11.8 Å². The minimum Gasteiger partial charge on any atom is -0.481 e. The van der Waals surface area contributed by atoms with E-state index in [0.29, 0.717) is 0 Å². The molecule has 0 aliphatic rings. The Hall–Kier alpha value is -1.79. The lowest BCUT2D eigenvalue weighted by atomic mass is 10.1. The van der Waals surface area contributed by atoms with Gasteiger partial charge in [0.1, 0.15) is 6.42 Å². The van der Waals surface area contributed by atoms with E-state index in [1.165, 1.54) is 0 Å². The van der Waals surface area contributed by atoms with Crippen molar-refractivity contribution in [3.05, 3.63) is 35.4 Å². The molecule has 0 aliphatic carbocycles. The zero-order chi connectivity index (χ0) is 10.4. The van der Waals surface area contributed by atoms with Crippen LogP contribution in [0.4, 0.5) is 0 Å². The second kappa shape index (κ2) is 5.05. The maximum atomic E-state index is 10.2. The number of carbonyl (C=O) groups is 1. The van der Waals surface area contributed by atoms with Crippen molar-refractivity contribution < 1.29 is 15.0 Å². The van der Waals surface area contributed by atoms with Crippen molar-refractivity contribution in [1.29, 1.82) is 0 Å². The molecular weight excluding hydrogens is 180 g/mol. The lowest BCUT2D eigenvalue weighted by Gasteiger charge is -1.94. The van der Waals surface area contributed by atoms with Crippen LogP contribution < -0.4 is 0 Å². The Kier molecular flexibility index (Phi) is 3.71. The Balaban J connectivity index is 2.66. The molecule has 1 aromatic carbocycles. The fraction of sp³-hybridized carbons (Fsp3) is 0.182. The van der Waals surface area contributed by atoms with Gasteiger partial charge in [-0.3, -0.25) is 4.79 Å². The van der Waals surface area contributed by atoms with Crippen molar-refractivity contribution in [2.45, 2.75) is 13.0 Å². The number of hydrogen-bond donors (Lipinski definition) is 2. The third kappa shape index (κ3) is 3.30. The fourth-order valence-corrected chi connectivity index (χ4v) is 0.915. The molecule has 2 N–H and O–H groups in total. The van der Waals surface area contributed by atoms with E-state index in [1.807, 2.05) is 0 Å². The van der Waals surface area contributed by atoms with E-state index in [1.54, 1.807) is 24.3 Å². The molecule has 0 aliphatic heterocycles. The predicted octanol–water partition coefficient (Wildman–Crippen LogP) is 1.01. The van der Waals surface area contributed by atoms with Gasteiger partial charge in [-0.25, -0.2) is 0 Å². The van der Waals surface area contributed by atoms with E-state index in [4.69, 9.17) is 10.2 Å². The molecule has 0 radical (unpaired) electrons. The van der Waals surface area contributed by atoms with E-state index in [-0.39, 0.29) is 13.0 Å². The Morgan fingerprint density at radius 2 is 1.93 bits per heavy atom. The van der Waals surface area contributed by atoms with E-state index < -0.39 is 5.97 Å². The van der Waals surface area contributed by atoms with E-state index in [9.17, 15) is 4.79 Å². The molecule has 72 valence electrons.